The van der Waals surface area contributed by atoms with Crippen LogP contribution in [-0.4, -0.2) is 31.5 Å². The predicted octanol–water partition coefficient (Wildman–Crippen LogP) is -0.379. The number of carbonyl (C=O) groups is 1. The molecule has 1 unspecified atom stereocenters. The van der Waals surface area contributed by atoms with Crippen LogP contribution < -0.4 is 16.8 Å². The number of hydrogen-bond donors (Lipinski definition) is 3. The largest absolute Gasteiger partial charge is 0.330 e. The number of nitrogens with one attached hydrogen (secondary N) is 1. The maximum absolute atomic E-state index is 10.7. The number of ketones is 1. The van der Waals surface area contributed by atoms with Gasteiger partial charge in [-0.2, -0.15) is 0 Å². The van der Waals surface area contributed by atoms with E-state index in [4.69, 9.17) is 11.5 Å². The van der Waals surface area contributed by atoms with E-state index in [2.05, 4.69) is 5.32 Å². The van der Waals surface area contributed by atoms with E-state index >= 15 is 0 Å². The number of carbonyl (C=O) groups excluding carboxylic acids is 1. The summed E-state index contributed by atoms with van der Waals surface area (Å²) < 4.78 is 0. The van der Waals surface area contributed by atoms with Crippen molar-refractivity contribution in [3.63, 3.8) is 0 Å². The molecule has 0 aliphatic heterocycles. The highest BCUT2D eigenvalue weighted by atomic mass is 16.1. The Balaban J connectivity index is 3.11. The van der Waals surface area contributed by atoms with Gasteiger partial charge in [-0.05, 0) is 45.8 Å². The van der Waals surface area contributed by atoms with E-state index in [0.29, 0.717) is 0 Å². The second-order valence-corrected chi connectivity index (χ2v) is 3.25. The van der Waals surface area contributed by atoms with Crippen molar-refractivity contribution < 1.29 is 4.79 Å². The fourth-order valence-electron chi connectivity index (χ4n) is 1.00. The van der Waals surface area contributed by atoms with Crippen LogP contribution in [0.1, 0.15) is 26.2 Å². The van der Waals surface area contributed by atoms with Crippen molar-refractivity contribution in [2.24, 2.45) is 11.5 Å². The molecule has 0 aromatic heterocycles. The van der Waals surface area contributed by atoms with E-state index in [1.807, 2.05) is 0 Å². The van der Waals surface area contributed by atoms with Gasteiger partial charge >= 0.3 is 0 Å². The molecule has 0 aliphatic carbocycles. The standard InChI is InChI=1S/C9H21N3O/c1-8(13)9(11)4-2-6-12-7-3-5-10/h9,12H,2-7,10-11H2,1H3. The van der Waals surface area contributed by atoms with E-state index in [1.165, 1.54) is 6.92 Å². The van der Waals surface area contributed by atoms with Crippen LogP contribution in [0.2, 0.25) is 0 Å². The number of rotatable bonds is 8. The van der Waals surface area contributed by atoms with Crippen molar-refractivity contribution in [3.05, 3.63) is 0 Å². The number of hydrogen-bond acceptors (Lipinski definition) is 4. The molecule has 0 saturated carbocycles. The third-order valence-corrected chi connectivity index (χ3v) is 1.95. The first kappa shape index (κ1) is 12.6. The van der Waals surface area contributed by atoms with Gasteiger partial charge in [0.2, 0.25) is 0 Å². The van der Waals surface area contributed by atoms with Gasteiger partial charge in [-0.1, -0.05) is 0 Å². The Morgan fingerprint density at radius 1 is 1.38 bits per heavy atom. The topological polar surface area (TPSA) is 81.1 Å². The first-order chi connectivity index (χ1) is 6.18. The minimum absolute atomic E-state index is 0.0713. The molecule has 78 valence electrons. The smallest absolute Gasteiger partial charge is 0.146 e. The Kier molecular flexibility index (Phi) is 7.88. The van der Waals surface area contributed by atoms with Crippen molar-refractivity contribution in [2.75, 3.05) is 19.6 Å². The van der Waals surface area contributed by atoms with Crippen LogP contribution >= 0.6 is 0 Å². The van der Waals surface area contributed by atoms with Crippen LogP contribution in [0.3, 0.4) is 0 Å². The van der Waals surface area contributed by atoms with Crippen LogP contribution in [0.15, 0.2) is 0 Å². The Bertz CT molecular complexity index is 139. The Labute approximate surface area is 80.0 Å². The molecule has 0 amide bonds. The third-order valence-electron chi connectivity index (χ3n) is 1.95. The molecule has 0 heterocycles. The van der Waals surface area contributed by atoms with E-state index in [1.54, 1.807) is 0 Å². The predicted molar refractivity (Wildman–Crippen MR) is 54.4 cm³/mol. The Hall–Kier alpha value is -0.450. The third kappa shape index (κ3) is 7.90. The molecular weight excluding hydrogens is 166 g/mol. The van der Waals surface area contributed by atoms with E-state index in [9.17, 15) is 4.79 Å². The van der Waals surface area contributed by atoms with Crippen molar-refractivity contribution in [2.45, 2.75) is 32.2 Å². The molecule has 5 N–H and O–H groups in total. The lowest BCUT2D eigenvalue weighted by Crippen LogP contribution is -2.29. The second kappa shape index (κ2) is 8.16. The molecule has 0 fully saturated rings. The summed E-state index contributed by atoms with van der Waals surface area (Å²) in [5, 5.41) is 3.23. The number of nitrogens with two attached hydrogens (primary N) is 2. The fourth-order valence-corrected chi connectivity index (χ4v) is 1.00. The van der Waals surface area contributed by atoms with Gasteiger partial charge in [0, 0.05) is 0 Å². The van der Waals surface area contributed by atoms with Gasteiger partial charge in [0.25, 0.3) is 0 Å². The van der Waals surface area contributed by atoms with Gasteiger partial charge in [-0.15, -0.1) is 0 Å². The zero-order valence-corrected chi connectivity index (χ0v) is 8.38. The van der Waals surface area contributed by atoms with Crippen molar-refractivity contribution in [1.82, 2.24) is 5.32 Å². The second-order valence-electron chi connectivity index (χ2n) is 3.25. The molecule has 0 rings (SSSR count). The highest BCUT2D eigenvalue weighted by Crippen LogP contribution is 1.93. The molecule has 13 heavy (non-hydrogen) atoms. The zero-order chi connectivity index (χ0) is 10.1. The van der Waals surface area contributed by atoms with E-state index < -0.39 is 0 Å². The highest BCUT2D eigenvalue weighted by molar-refractivity contribution is 5.80. The monoisotopic (exact) mass is 187 g/mol. The van der Waals surface area contributed by atoms with Gasteiger partial charge in [-0.3, -0.25) is 4.79 Å². The minimum atomic E-state index is -0.281. The number of Topliss-reactive ketones (excluding diaryl/α,β-unsaturated/α-hetero) is 1. The summed E-state index contributed by atoms with van der Waals surface area (Å²) in [5.74, 6) is 0.0713. The summed E-state index contributed by atoms with van der Waals surface area (Å²) in [6, 6.07) is -0.281. The summed E-state index contributed by atoms with van der Waals surface area (Å²) in [5.41, 5.74) is 10.9. The van der Waals surface area contributed by atoms with Crippen molar-refractivity contribution >= 4 is 5.78 Å². The maximum Gasteiger partial charge on any atom is 0.146 e. The molecule has 0 aromatic carbocycles. The quantitative estimate of drug-likeness (QED) is 0.452. The van der Waals surface area contributed by atoms with Crippen molar-refractivity contribution in [3.8, 4) is 0 Å². The summed E-state index contributed by atoms with van der Waals surface area (Å²) in [4.78, 5) is 10.7. The van der Waals surface area contributed by atoms with Gasteiger partial charge in [0.05, 0.1) is 6.04 Å². The molecule has 4 nitrogen and oxygen atoms in total. The minimum Gasteiger partial charge on any atom is -0.330 e. The van der Waals surface area contributed by atoms with E-state index in [0.717, 1.165) is 38.9 Å². The van der Waals surface area contributed by atoms with Crippen LogP contribution in [0, 0.1) is 0 Å². The van der Waals surface area contributed by atoms with Gasteiger partial charge in [0.1, 0.15) is 5.78 Å². The lowest BCUT2D eigenvalue weighted by Gasteiger charge is -2.07. The average molecular weight is 187 g/mol. The van der Waals surface area contributed by atoms with Crippen molar-refractivity contribution in [1.29, 1.82) is 0 Å². The first-order valence-electron chi connectivity index (χ1n) is 4.85. The molecule has 0 saturated heterocycles. The summed E-state index contributed by atoms with van der Waals surface area (Å²) in [6.07, 6.45) is 2.72. The summed E-state index contributed by atoms with van der Waals surface area (Å²) >= 11 is 0. The van der Waals surface area contributed by atoms with Crippen LogP contribution in [0.25, 0.3) is 0 Å². The lowest BCUT2D eigenvalue weighted by atomic mass is 10.1. The molecule has 0 spiro atoms. The van der Waals surface area contributed by atoms with Gasteiger partial charge < -0.3 is 16.8 Å². The lowest BCUT2D eigenvalue weighted by molar-refractivity contribution is -0.118. The Morgan fingerprint density at radius 3 is 2.54 bits per heavy atom. The zero-order valence-electron chi connectivity index (χ0n) is 8.38. The maximum atomic E-state index is 10.7. The van der Waals surface area contributed by atoms with Crippen LogP contribution in [0.4, 0.5) is 0 Å². The van der Waals surface area contributed by atoms with Crippen LogP contribution in [0.5, 0.6) is 0 Å². The SMILES string of the molecule is CC(=O)C(N)CCCNCCCN. The normalized spacial score (nSPS) is 12.8. The molecule has 1 atom stereocenters. The molecule has 0 aliphatic rings. The van der Waals surface area contributed by atoms with E-state index in [-0.39, 0.29) is 11.8 Å². The molecule has 0 radical (unpaired) electrons. The summed E-state index contributed by atoms with van der Waals surface area (Å²) in [7, 11) is 0. The average Bonchev–Trinajstić information content (AvgIpc) is 2.10. The van der Waals surface area contributed by atoms with Gasteiger partial charge in [0.15, 0.2) is 0 Å². The van der Waals surface area contributed by atoms with Gasteiger partial charge in [-0.25, -0.2) is 0 Å². The Morgan fingerprint density at radius 2 is 2.00 bits per heavy atom. The molecule has 0 aromatic rings. The van der Waals surface area contributed by atoms with Crippen LogP contribution in [-0.2, 0) is 4.79 Å². The fraction of sp³-hybridized carbons (Fsp3) is 0.889. The molecule has 0 bridgehead atoms. The highest BCUT2D eigenvalue weighted by Gasteiger charge is 2.05. The summed E-state index contributed by atoms with van der Waals surface area (Å²) in [6.45, 7) is 4.12. The molecule has 4 heteroatoms. The first-order valence-corrected chi connectivity index (χ1v) is 4.85. The molecular formula is C9H21N3O.